The third-order valence-corrected chi connectivity index (χ3v) is 4.18. The van der Waals surface area contributed by atoms with E-state index in [0.717, 1.165) is 9.75 Å². The van der Waals surface area contributed by atoms with Crippen molar-refractivity contribution >= 4 is 46.9 Å². The van der Waals surface area contributed by atoms with Crippen molar-refractivity contribution in [2.75, 3.05) is 0 Å². The summed E-state index contributed by atoms with van der Waals surface area (Å²) in [5.74, 6) is -0.400. The monoisotopic (exact) mass is 334 g/mol. The second-order valence-electron chi connectivity index (χ2n) is 4.14. The van der Waals surface area contributed by atoms with E-state index in [1.54, 1.807) is 0 Å². The standard InChI is InChI=1S/C14H14N4O2S2/c19-13(9-11-3-1-7-21-11)17-15-5-6-16-18-14(20)10-12-4-2-8-22-12/h1-8H,9-10H2,(H,17,19)(H,18,20)/b15-5+,16-6+. The molecule has 114 valence electrons. The summed E-state index contributed by atoms with van der Waals surface area (Å²) in [5, 5.41) is 11.2. The Morgan fingerprint density at radius 3 is 1.73 bits per heavy atom. The van der Waals surface area contributed by atoms with Gasteiger partial charge < -0.3 is 0 Å². The molecule has 0 aliphatic rings. The Bertz CT molecular complexity index is 590. The molecular formula is C14H14N4O2S2. The third kappa shape index (κ3) is 5.98. The predicted molar refractivity (Wildman–Crippen MR) is 89.3 cm³/mol. The Kier molecular flexibility index (Phi) is 6.46. The number of thiophene rings is 2. The molecule has 0 spiro atoms. The number of amides is 2. The van der Waals surface area contributed by atoms with E-state index in [2.05, 4.69) is 21.1 Å². The van der Waals surface area contributed by atoms with Gasteiger partial charge in [-0.25, -0.2) is 10.9 Å². The van der Waals surface area contributed by atoms with Gasteiger partial charge in [-0.15, -0.1) is 22.7 Å². The van der Waals surface area contributed by atoms with Crippen LogP contribution in [0.15, 0.2) is 45.2 Å². The number of nitrogens with zero attached hydrogens (tertiary/aromatic N) is 2. The Morgan fingerprint density at radius 1 is 0.909 bits per heavy atom. The van der Waals surface area contributed by atoms with Crippen LogP contribution in [0.2, 0.25) is 0 Å². The minimum Gasteiger partial charge on any atom is -0.273 e. The van der Waals surface area contributed by atoms with Gasteiger partial charge in [0.2, 0.25) is 11.8 Å². The molecule has 0 bridgehead atoms. The van der Waals surface area contributed by atoms with Crippen molar-refractivity contribution < 1.29 is 9.59 Å². The quantitative estimate of drug-likeness (QED) is 0.598. The van der Waals surface area contributed by atoms with E-state index < -0.39 is 0 Å². The van der Waals surface area contributed by atoms with Crippen molar-refractivity contribution in [3.8, 4) is 0 Å². The SMILES string of the molecule is O=C(Cc1cccs1)N/N=C/C=N/NC(=O)Cc1cccs1. The van der Waals surface area contributed by atoms with E-state index in [-0.39, 0.29) is 11.8 Å². The summed E-state index contributed by atoms with van der Waals surface area (Å²) in [6.45, 7) is 0. The summed E-state index contributed by atoms with van der Waals surface area (Å²) in [5.41, 5.74) is 4.76. The summed E-state index contributed by atoms with van der Waals surface area (Å²) >= 11 is 3.03. The van der Waals surface area contributed by atoms with Gasteiger partial charge in [0, 0.05) is 9.75 Å². The molecule has 0 radical (unpaired) electrons. The molecule has 0 saturated heterocycles. The second kappa shape index (κ2) is 8.85. The number of rotatable bonds is 7. The number of hydrazone groups is 2. The highest BCUT2D eigenvalue weighted by atomic mass is 32.1. The fourth-order valence-electron chi connectivity index (χ4n) is 1.51. The van der Waals surface area contributed by atoms with E-state index in [1.165, 1.54) is 35.1 Å². The molecule has 0 fully saturated rings. The zero-order valence-electron chi connectivity index (χ0n) is 11.6. The summed E-state index contributed by atoms with van der Waals surface area (Å²) in [7, 11) is 0. The van der Waals surface area contributed by atoms with E-state index in [4.69, 9.17) is 0 Å². The molecule has 6 nitrogen and oxygen atoms in total. The van der Waals surface area contributed by atoms with Gasteiger partial charge in [0.25, 0.3) is 0 Å². The van der Waals surface area contributed by atoms with Crippen molar-refractivity contribution in [3.63, 3.8) is 0 Å². The summed E-state index contributed by atoms with van der Waals surface area (Å²) < 4.78 is 0. The topological polar surface area (TPSA) is 82.9 Å². The van der Waals surface area contributed by atoms with Crippen LogP contribution >= 0.6 is 22.7 Å². The van der Waals surface area contributed by atoms with Crippen molar-refractivity contribution in [1.82, 2.24) is 10.9 Å². The second-order valence-corrected chi connectivity index (χ2v) is 6.20. The highest BCUT2D eigenvalue weighted by Crippen LogP contribution is 2.09. The average molecular weight is 334 g/mol. The van der Waals surface area contributed by atoms with Crippen molar-refractivity contribution in [1.29, 1.82) is 0 Å². The van der Waals surface area contributed by atoms with Gasteiger partial charge in [-0.2, -0.15) is 10.2 Å². The van der Waals surface area contributed by atoms with Crippen LogP contribution in [0.25, 0.3) is 0 Å². The smallest absolute Gasteiger partial charge is 0.245 e. The van der Waals surface area contributed by atoms with Crippen LogP contribution in [0.1, 0.15) is 9.75 Å². The molecular weight excluding hydrogens is 320 g/mol. The number of carbonyl (C=O) groups excluding carboxylic acids is 2. The third-order valence-electron chi connectivity index (χ3n) is 2.42. The highest BCUT2D eigenvalue weighted by Gasteiger charge is 2.02. The predicted octanol–water partition coefficient (Wildman–Crippen LogP) is 1.80. The maximum Gasteiger partial charge on any atom is 0.245 e. The molecule has 0 aliphatic heterocycles. The van der Waals surface area contributed by atoms with Gasteiger partial charge in [-0.1, -0.05) is 12.1 Å². The summed E-state index contributed by atoms with van der Waals surface area (Å²) in [4.78, 5) is 24.9. The summed E-state index contributed by atoms with van der Waals surface area (Å²) in [6, 6.07) is 7.56. The minimum absolute atomic E-state index is 0.200. The van der Waals surface area contributed by atoms with Gasteiger partial charge in [0.05, 0.1) is 25.3 Å². The van der Waals surface area contributed by atoms with Crippen LogP contribution in [0, 0.1) is 0 Å². The van der Waals surface area contributed by atoms with E-state index in [0.29, 0.717) is 12.8 Å². The molecule has 2 amide bonds. The molecule has 2 aromatic heterocycles. The zero-order chi connectivity index (χ0) is 15.6. The fraction of sp³-hybridized carbons (Fsp3) is 0.143. The molecule has 2 aromatic rings. The van der Waals surface area contributed by atoms with Crippen LogP contribution in [0.5, 0.6) is 0 Å². The van der Waals surface area contributed by atoms with Crippen LogP contribution in [0.3, 0.4) is 0 Å². The largest absolute Gasteiger partial charge is 0.273 e. The summed E-state index contributed by atoms with van der Waals surface area (Å²) in [6.07, 6.45) is 3.20. The van der Waals surface area contributed by atoms with Gasteiger partial charge >= 0.3 is 0 Å². The molecule has 0 aliphatic carbocycles. The molecule has 22 heavy (non-hydrogen) atoms. The van der Waals surface area contributed by atoms with Gasteiger partial charge in [-0.3, -0.25) is 9.59 Å². The first-order valence-corrected chi connectivity index (χ1v) is 8.17. The lowest BCUT2D eigenvalue weighted by molar-refractivity contribution is -0.121. The zero-order valence-corrected chi connectivity index (χ0v) is 13.2. The van der Waals surface area contributed by atoms with Crippen LogP contribution in [0.4, 0.5) is 0 Å². The number of nitrogens with one attached hydrogen (secondary N) is 2. The van der Waals surface area contributed by atoms with Gasteiger partial charge in [-0.05, 0) is 22.9 Å². The Balaban J connectivity index is 1.62. The van der Waals surface area contributed by atoms with Gasteiger partial charge in [0.15, 0.2) is 0 Å². The fourth-order valence-corrected chi connectivity index (χ4v) is 2.91. The molecule has 0 atom stereocenters. The van der Waals surface area contributed by atoms with Crippen molar-refractivity contribution in [2.24, 2.45) is 10.2 Å². The first kappa shape index (κ1) is 16.1. The molecule has 0 saturated carbocycles. The lowest BCUT2D eigenvalue weighted by Crippen LogP contribution is -2.20. The number of hydrogen-bond acceptors (Lipinski definition) is 6. The first-order chi connectivity index (χ1) is 10.7. The maximum atomic E-state index is 11.5. The van der Waals surface area contributed by atoms with Crippen LogP contribution in [-0.2, 0) is 22.4 Å². The normalized spacial score (nSPS) is 11.1. The van der Waals surface area contributed by atoms with Crippen LogP contribution in [-0.4, -0.2) is 24.2 Å². The maximum absolute atomic E-state index is 11.5. The Hall–Kier alpha value is -2.32. The minimum atomic E-state index is -0.200. The van der Waals surface area contributed by atoms with Crippen LogP contribution < -0.4 is 10.9 Å². The van der Waals surface area contributed by atoms with E-state index in [9.17, 15) is 9.59 Å². The molecule has 2 rings (SSSR count). The lowest BCUT2D eigenvalue weighted by atomic mass is 10.3. The van der Waals surface area contributed by atoms with E-state index in [1.807, 2.05) is 35.0 Å². The highest BCUT2D eigenvalue weighted by molar-refractivity contribution is 7.10. The first-order valence-electron chi connectivity index (χ1n) is 6.41. The molecule has 0 unspecified atom stereocenters. The Morgan fingerprint density at radius 2 is 1.36 bits per heavy atom. The Labute approximate surface area is 135 Å². The van der Waals surface area contributed by atoms with Crippen molar-refractivity contribution in [3.05, 3.63) is 44.8 Å². The van der Waals surface area contributed by atoms with Crippen molar-refractivity contribution in [2.45, 2.75) is 12.8 Å². The van der Waals surface area contributed by atoms with E-state index >= 15 is 0 Å². The lowest BCUT2D eigenvalue weighted by Gasteiger charge is -1.96. The number of carbonyl (C=O) groups is 2. The van der Waals surface area contributed by atoms with Gasteiger partial charge in [0.1, 0.15) is 0 Å². The molecule has 8 heteroatoms. The average Bonchev–Trinajstić information content (AvgIpc) is 3.16. The molecule has 0 aromatic carbocycles. The number of hydrogen-bond donors (Lipinski definition) is 2. The molecule has 2 heterocycles. The molecule has 2 N–H and O–H groups in total.